The van der Waals surface area contributed by atoms with Crippen molar-refractivity contribution in [3.8, 4) is 0 Å². The minimum atomic E-state index is 0. The first-order valence-corrected chi connectivity index (χ1v) is 12.7. The first kappa shape index (κ1) is 21.8. The van der Waals surface area contributed by atoms with E-state index in [2.05, 4.69) is 16.7 Å². The second kappa shape index (κ2) is 11.3. The average molecular weight is 407 g/mol. The molecule has 1 amide bonds. The van der Waals surface area contributed by atoms with Gasteiger partial charge in [-0.05, 0) is 49.9 Å². The Hall–Kier alpha value is -0.900. The quantitative estimate of drug-likeness (QED) is 0.634. The average Bonchev–Trinajstić information content (AvgIpc) is 3.04. The summed E-state index contributed by atoms with van der Waals surface area (Å²) in [5, 5.41) is 3.95. The zero-order valence-electron chi connectivity index (χ0n) is 18.1. The van der Waals surface area contributed by atoms with Crippen LogP contribution in [0.3, 0.4) is 0 Å². The molecule has 1 aromatic heterocycles. The van der Waals surface area contributed by atoms with Gasteiger partial charge in [0.25, 0.3) is 0 Å². The highest BCUT2D eigenvalue weighted by Crippen LogP contribution is 2.40. The number of nitrogens with one attached hydrogen (secondary N) is 1. The number of aromatic nitrogens is 1. The number of amides is 1. The van der Waals surface area contributed by atoms with Crippen LogP contribution in [0.2, 0.25) is 0 Å². The topological polar surface area (TPSA) is 42.0 Å². The van der Waals surface area contributed by atoms with E-state index in [1.54, 1.807) is 11.9 Å². The number of nitrogens with zero attached hydrogens (tertiary/aromatic N) is 1. The molecule has 4 heteroatoms. The van der Waals surface area contributed by atoms with Gasteiger partial charge in [0.15, 0.2) is 0 Å². The summed E-state index contributed by atoms with van der Waals surface area (Å²) in [5.74, 6) is 3.12. The Kier molecular flexibility index (Phi) is 8.82. The van der Waals surface area contributed by atoms with Crippen LogP contribution in [-0.2, 0) is 24.1 Å². The van der Waals surface area contributed by atoms with Gasteiger partial charge in [-0.15, -0.1) is 11.3 Å². The maximum Gasteiger partial charge on any atom is 0.219 e. The van der Waals surface area contributed by atoms with Gasteiger partial charge in [-0.2, -0.15) is 0 Å². The fourth-order valence-electron chi connectivity index (χ4n) is 5.10. The third-order valence-electron chi connectivity index (χ3n) is 7.16. The number of hydrogen-bond acceptors (Lipinski definition) is 3. The number of thiazole rings is 1. The highest BCUT2D eigenvalue weighted by Gasteiger charge is 2.28. The summed E-state index contributed by atoms with van der Waals surface area (Å²) in [6.07, 6.45) is 20.6. The van der Waals surface area contributed by atoms with E-state index in [1.165, 1.54) is 101 Å². The number of rotatable bonds is 4. The van der Waals surface area contributed by atoms with Gasteiger partial charge in [0.05, 0.1) is 10.7 Å². The van der Waals surface area contributed by atoms with Crippen molar-refractivity contribution < 1.29 is 6.22 Å². The summed E-state index contributed by atoms with van der Waals surface area (Å²) in [6, 6.07) is 0. The molecule has 3 aliphatic carbocycles. The van der Waals surface area contributed by atoms with Gasteiger partial charge in [-0.3, -0.25) is 4.79 Å². The lowest BCUT2D eigenvalue weighted by Gasteiger charge is -2.34. The summed E-state index contributed by atoms with van der Waals surface area (Å²) < 4.78 is 0. The second-order valence-corrected chi connectivity index (χ2v) is 10.3. The van der Waals surface area contributed by atoms with Crippen molar-refractivity contribution in [2.24, 2.45) is 17.8 Å². The van der Waals surface area contributed by atoms with Crippen LogP contribution in [0.1, 0.15) is 101 Å². The Bertz CT molecular complexity index is 602. The molecule has 0 aliphatic heterocycles. The van der Waals surface area contributed by atoms with Gasteiger partial charge in [0.1, 0.15) is 0 Å². The summed E-state index contributed by atoms with van der Waals surface area (Å²) in [6.45, 7) is 1.82. The van der Waals surface area contributed by atoms with E-state index in [1.807, 2.05) is 6.92 Å². The van der Waals surface area contributed by atoms with Crippen molar-refractivity contribution >= 4 is 17.2 Å². The Morgan fingerprint density at radius 2 is 1.71 bits per heavy atom. The molecule has 0 radical (unpaired) electrons. The molecule has 1 unspecified atom stereocenters. The van der Waals surface area contributed by atoms with Gasteiger partial charge < -0.3 is 5.32 Å². The van der Waals surface area contributed by atoms with E-state index in [4.69, 9.17) is 4.98 Å². The smallest absolute Gasteiger partial charge is 0.219 e. The van der Waals surface area contributed by atoms with Crippen LogP contribution in [0.25, 0.3) is 0 Å². The fourth-order valence-corrected chi connectivity index (χ4v) is 6.37. The molecular formula is C24H42N2OS. The van der Waals surface area contributed by atoms with Crippen LogP contribution in [-0.4, -0.2) is 17.9 Å². The SMILES string of the molecule is C1CCC(Cc2nc3c(s2)CCCC(C2CCC2)CC3)CC1.CCC(=O)NC.[HH]. The molecule has 4 rings (SSSR count). The van der Waals surface area contributed by atoms with E-state index in [9.17, 15) is 4.79 Å². The third kappa shape index (κ3) is 6.30. The third-order valence-corrected chi connectivity index (χ3v) is 8.34. The fraction of sp³-hybridized carbons (Fsp3) is 0.833. The van der Waals surface area contributed by atoms with Gasteiger partial charge in [-0.25, -0.2) is 4.98 Å². The van der Waals surface area contributed by atoms with Crippen LogP contribution < -0.4 is 5.32 Å². The lowest BCUT2D eigenvalue weighted by atomic mass is 9.71. The molecule has 2 saturated carbocycles. The normalized spacial score (nSPS) is 23.4. The number of carbonyl (C=O) groups excluding carboxylic acids is 1. The zero-order chi connectivity index (χ0) is 19.8. The van der Waals surface area contributed by atoms with E-state index in [-0.39, 0.29) is 7.33 Å². The molecule has 0 aromatic carbocycles. The number of fused-ring (bicyclic) bond motifs is 1. The molecular weight excluding hydrogens is 364 g/mol. The van der Waals surface area contributed by atoms with Gasteiger partial charge >= 0.3 is 0 Å². The van der Waals surface area contributed by atoms with Crippen LogP contribution in [0, 0.1) is 17.8 Å². The predicted molar refractivity (Wildman–Crippen MR) is 121 cm³/mol. The van der Waals surface area contributed by atoms with E-state index >= 15 is 0 Å². The van der Waals surface area contributed by atoms with Crippen molar-refractivity contribution in [3.05, 3.63) is 15.6 Å². The minimum Gasteiger partial charge on any atom is -0.359 e. The summed E-state index contributed by atoms with van der Waals surface area (Å²) in [7, 11) is 1.63. The van der Waals surface area contributed by atoms with Crippen LogP contribution in [0.5, 0.6) is 0 Å². The van der Waals surface area contributed by atoms with Crippen molar-refractivity contribution in [3.63, 3.8) is 0 Å². The Morgan fingerprint density at radius 3 is 2.32 bits per heavy atom. The molecule has 160 valence electrons. The minimum absolute atomic E-state index is 0. The molecule has 3 nitrogen and oxygen atoms in total. The maximum absolute atomic E-state index is 10.1. The lowest BCUT2D eigenvalue weighted by molar-refractivity contribution is -0.120. The van der Waals surface area contributed by atoms with E-state index < -0.39 is 0 Å². The highest BCUT2D eigenvalue weighted by atomic mass is 32.1. The molecule has 0 bridgehead atoms. The predicted octanol–water partition coefficient (Wildman–Crippen LogP) is 6.34. The molecule has 1 heterocycles. The molecule has 0 saturated heterocycles. The Balaban J connectivity index is 0.000000379. The lowest BCUT2D eigenvalue weighted by Crippen LogP contribution is -2.23. The number of carbonyl (C=O) groups is 1. The molecule has 3 aliphatic rings. The van der Waals surface area contributed by atoms with Crippen LogP contribution in [0.15, 0.2) is 0 Å². The standard InChI is InChI=1S/C20H31NS.C4H9NO.H2/c1-2-6-15(7-3-1)14-20-21-18-13-12-17(16-8-4-9-16)10-5-11-19(18)22-20;1-3-4(6)5-2;/h15-17H,1-14H2;3H2,1-2H3,(H,5,6);1H. The summed E-state index contributed by atoms with van der Waals surface area (Å²) in [4.78, 5) is 16.8. The Labute approximate surface area is 177 Å². The largest absolute Gasteiger partial charge is 0.359 e. The number of aryl methyl sites for hydroxylation is 2. The highest BCUT2D eigenvalue weighted by molar-refractivity contribution is 7.11. The van der Waals surface area contributed by atoms with Crippen molar-refractivity contribution in [2.45, 2.75) is 103 Å². The molecule has 1 aromatic rings. The zero-order valence-corrected chi connectivity index (χ0v) is 18.9. The van der Waals surface area contributed by atoms with Gasteiger partial charge in [-0.1, -0.05) is 58.3 Å². The molecule has 1 N–H and O–H groups in total. The van der Waals surface area contributed by atoms with E-state index in [0.717, 1.165) is 17.8 Å². The first-order valence-electron chi connectivity index (χ1n) is 11.9. The molecule has 1 atom stereocenters. The van der Waals surface area contributed by atoms with Gasteiger partial charge in [0.2, 0.25) is 5.91 Å². The van der Waals surface area contributed by atoms with Crippen molar-refractivity contribution in [2.75, 3.05) is 7.05 Å². The monoisotopic (exact) mass is 406 g/mol. The van der Waals surface area contributed by atoms with Crippen molar-refractivity contribution in [1.82, 2.24) is 10.3 Å². The molecule has 2 fully saturated rings. The summed E-state index contributed by atoms with van der Waals surface area (Å²) >= 11 is 2.07. The van der Waals surface area contributed by atoms with E-state index in [0.29, 0.717) is 6.42 Å². The van der Waals surface area contributed by atoms with Crippen LogP contribution >= 0.6 is 11.3 Å². The van der Waals surface area contributed by atoms with Crippen molar-refractivity contribution in [1.29, 1.82) is 0 Å². The number of hydrogen-bond donors (Lipinski definition) is 1. The first-order chi connectivity index (χ1) is 13.7. The Morgan fingerprint density at radius 1 is 1.00 bits per heavy atom. The van der Waals surface area contributed by atoms with Gasteiger partial charge in [0, 0.05) is 26.2 Å². The second-order valence-electron chi connectivity index (χ2n) is 9.09. The molecule has 28 heavy (non-hydrogen) atoms. The molecule has 0 spiro atoms. The summed E-state index contributed by atoms with van der Waals surface area (Å²) in [5.41, 5.74) is 1.50. The van der Waals surface area contributed by atoms with Crippen LogP contribution in [0.4, 0.5) is 0 Å². The maximum atomic E-state index is 10.1.